The topological polar surface area (TPSA) is 47.7 Å². The molecule has 1 aliphatic rings. The standard InChI is InChI=1S/C15H24N2O2/c1-15(2,16)7-8-17(3)12-5-6-13-14(11-12)19-10-4-9-18-13/h5-6,11H,4,7-10,16H2,1-3H3. The van der Waals surface area contributed by atoms with Crippen molar-refractivity contribution in [2.24, 2.45) is 5.73 Å². The zero-order chi connectivity index (χ0) is 13.9. The molecule has 1 heterocycles. The lowest BCUT2D eigenvalue weighted by atomic mass is 10.0. The molecule has 1 aromatic carbocycles. The van der Waals surface area contributed by atoms with Gasteiger partial charge in [0, 0.05) is 37.3 Å². The summed E-state index contributed by atoms with van der Waals surface area (Å²) in [6.45, 7) is 6.46. The Balaban J connectivity index is 2.06. The monoisotopic (exact) mass is 264 g/mol. The van der Waals surface area contributed by atoms with Gasteiger partial charge in [-0.15, -0.1) is 0 Å². The van der Waals surface area contributed by atoms with Crippen LogP contribution in [-0.4, -0.2) is 32.3 Å². The van der Waals surface area contributed by atoms with Crippen LogP contribution in [0.4, 0.5) is 5.69 Å². The Morgan fingerprint density at radius 2 is 1.89 bits per heavy atom. The number of nitrogens with two attached hydrogens (primary N) is 1. The Bertz CT molecular complexity index is 427. The molecular formula is C15H24N2O2. The fourth-order valence-corrected chi connectivity index (χ4v) is 1.97. The van der Waals surface area contributed by atoms with Gasteiger partial charge in [0.15, 0.2) is 11.5 Å². The van der Waals surface area contributed by atoms with Crippen LogP contribution < -0.4 is 20.1 Å². The van der Waals surface area contributed by atoms with Crippen molar-refractivity contribution in [3.05, 3.63) is 18.2 Å². The largest absolute Gasteiger partial charge is 0.490 e. The molecule has 0 unspecified atom stereocenters. The first-order chi connectivity index (χ1) is 8.96. The quantitative estimate of drug-likeness (QED) is 0.907. The number of benzene rings is 1. The van der Waals surface area contributed by atoms with Crippen LogP contribution in [0.2, 0.25) is 0 Å². The van der Waals surface area contributed by atoms with Crippen LogP contribution in [0.3, 0.4) is 0 Å². The number of rotatable bonds is 4. The molecule has 0 fully saturated rings. The van der Waals surface area contributed by atoms with Crippen molar-refractivity contribution in [1.82, 2.24) is 0 Å². The molecule has 1 aromatic rings. The van der Waals surface area contributed by atoms with Crippen molar-refractivity contribution in [2.45, 2.75) is 32.2 Å². The molecule has 0 aliphatic carbocycles. The molecular weight excluding hydrogens is 240 g/mol. The maximum atomic E-state index is 6.02. The third-order valence-electron chi connectivity index (χ3n) is 3.26. The van der Waals surface area contributed by atoms with Gasteiger partial charge in [-0.2, -0.15) is 0 Å². The third kappa shape index (κ3) is 4.03. The molecule has 0 radical (unpaired) electrons. The van der Waals surface area contributed by atoms with Crippen LogP contribution in [0.25, 0.3) is 0 Å². The van der Waals surface area contributed by atoms with Crippen LogP contribution >= 0.6 is 0 Å². The average Bonchev–Trinajstić information content (AvgIpc) is 2.59. The second kappa shape index (κ2) is 5.70. The molecule has 0 atom stereocenters. The number of hydrogen-bond acceptors (Lipinski definition) is 4. The van der Waals surface area contributed by atoms with Gasteiger partial charge in [-0.25, -0.2) is 0 Å². The summed E-state index contributed by atoms with van der Waals surface area (Å²) in [5.74, 6) is 1.68. The van der Waals surface area contributed by atoms with E-state index in [9.17, 15) is 0 Å². The summed E-state index contributed by atoms with van der Waals surface area (Å²) >= 11 is 0. The molecule has 1 aliphatic heterocycles. The number of anilines is 1. The van der Waals surface area contributed by atoms with Gasteiger partial charge in [0.1, 0.15) is 0 Å². The normalized spacial score (nSPS) is 14.9. The average molecular weight is 264 g/mol. The van der Waals surface area contributed by atoms with Crippen molar-refractivity contribution in [2.75, 3.05) is 31.7 Å². The van der Waals surface area contributed by atoms with Gasteiger partial charge in [-0.1, -0.05) is 0 Å². The molecule has 2 N–H and O–H groups in total. The van der Waals surface area contributed by atoms with E-state index in [1.807, 2.05) is 12.1 Å². The molecule has 0 spiro atoms. The molecule has 4 heteroatoms. The summed E-state index contributed by atoms with van der Waals surface area (Å²) in [6, 6.07) is 6.10. The van der Waals surface area contributed by atoms with Gasteiger partial charge in [0.05, 0.1) is 13.2 Å². The van der Waals surface area contributed by atoms with Crippen LogP contribution in [-0.2, 0) is 0 Å². The van der Waals surface area contributed by atoms with E-state index in [4.69, 9.17) is 15.2 Å². The summed E-state index contributed by atoms with van der Waals surface area (Å²) in [5, 5.41) is 0. The highest BCUT2D eigenvalue weighted by molar-refractivity contribution is 5.56. The van der Waals surface area contributed by atoms with Crippen molar-refractivity contribution < 1.29 is 9.47 Å². The maximum absolute atomic E-state index is 6.02. The molecule has 19 heavy (non-hydrogen) atoms. The lowest BCUT2D eigenvalue weighted by Crippen LogP contribution is -2.36. The maximum Gasteiger partial charge on any atom is 0.163 e. The zero-order valence-corrected chi connectivity index (χ0v) is 12.1. The van der Waals surface area contributed by atoms with Gasteiger partial charge in [0.25, 0.3) is 0 Å². The second-order valence-electron chi connectivity index (χ2n) is 5.84. The molecule has 0 aromatic heterocycles. The minimum atomic E-state index is -0.139. The Kier molecular flexibility index (Phi) is 4.20. The summed E-state index contributed by atoms with van der Waals surface area (Å²) in [5.41, 5.74) is 7.02. The Labute approximate surface area is 115 Å². The van der Waals surface area contributed by atoms with Gasteiger partial charge < -0.3 is 20.1 Å². The van der Waals surface area contributed by atoms with Gasteiger partial charge in [-0.05, 0) is 32.4 Å². The number of nitrogens with zero attached hydrogens (tertiary/aromatic N) is 1. The summed E-state index contributed by atoms with van der Waals surface area (Å²) < 4.78 is 11.3. The number of hydrogen-bond donors (Lipinski definition) is 1. The Morgan fingerprint density at radius 3 is 2.58 bits per heavy atom. The van der Waals surface area contributed by atoms with Gasteiger partial charge in [0.2, 0.25) is 0 Å². The highest BCUT2D eigenvalue weighted by atomic mass is 16.5. The van der Waals surface area contributed by atoms with Gasteiger partial charge >= 0.3 is 0 Å². The fraction of sp³-hybridized carbons (Fsp3) is 0.600. The van der Waals surface area contributed by atoms with E-state index in [0.29, 0.717) is 0 Å². The molecule has 0 saturated carbocycles. The molecule has 0 saturated heterocycles. The Hall–Kier alpha value is -1.42. The van der Waals surface area contributed by atoms with Crippen LogP contribution in [0.1, 0.15) is 26.7 Å². The van der Waals surface area contributed by atoms with Crippen molar-refractivity contribution in [3.63, 3.8) is 0 Å². The number of ether oxygens (including phenoxy) is 2. The van der Waals surface area contributed by atoms with Crippen molar-refractivity contribution in [3.8, 4) is 11.5 Å². The molecule has 106 valence electrons. The van der Waals surface area contributed by atoms with Crippen molar-refractivity contribution >= 4 is 5.69 Å². The van der Waals surface area contributed by atoms with E-state index in [1.54, 1.807) is 0 Å². The van der Waals surface area contributed by atoms with E-state index in [1.165, 1.54) is 0 Å². The van der Waals surface area contributed by atoms with E-state index in [0.717, 1.165) is 49.8 Å². The highest BCUT2D eigenvalue weighted by Gasteiger charge is 2.15. The first-order valence-electron chi connectivity index (χ1n) is 6.85. The van der Waals surface area contributed by atoms with E-state index in [-0.39, 0.29) is 5.54 Å². The molecule has 4 nitrogen and oxygen atoms in total. The van der Waals surface area contributed by atoms with Gasteiger partial charge in [-0.3, -0.25) is 0 Å². The predicted octanol–water partition coefficient (Wildman–Crippen LogP) is 2.41. The SMILES string of the molecule is CN(CCC(C)(C)N)c1ccc2c(c1)OCCCO2. The van der Waals surface area contributed by atoms with E-state index >= 15 is 0 Å². The summed E-state index contributed by atoms with van der Waals surface area (Å²) in [4.78, 5) is 2.20. The predicted molar refractivity (Wildman–Crippen MR) is 78.2 cm³/mol. The van der Waals surface area contributed by atoms with E-state index in [2.05, 4.69) is 31.9 Å². The summed E-state index contributed by atoms with van der Waals surface area (Å²) in [7, 11) is 2.07. The number of fused-ring (bicyclic) bond motifs is 1. The first-order valence-corrected chi connectivity index (χ1v) is 6.85. The lowest BCUT2D eigenvalue weighted by molar-refractivity contribution is 0.297. The Morgan fingerprint density at radius 1 is 1.21 bits per heavy atom. The van der Waals surface area contributed by atoms with Crippen molar-refractivity contribution in [1.29, 1.82) is 0 Å². The fourth-order valence-electron chi connectivity index (χ4n) is 1.97. The lowest BCUT2D eigenvalue weighted by Gasteiger charge is -2.25. The minimum Gasteiger partial charge on any atom is -0.490 e. The highest BCUT2D eigenvalue weighted by Crippen LogP contribution is 2.33. The van der Waals surface area contributed by atoms with Crippen LogP contribution in [0, 0.1) is 0 Å². The molecule has 2 rings (SSSR count). The van der Waals surface area contributed by atoms with Crippen LogP contribution in [0.15, 0.2) is 18.2 Å². The zero-order valence-electron chi connectivity index (χ0n) is 12.1. The first kappa shape index (κ1) is 14.0. The van der Waals surface area contributed by atoms with Crippen LogP contribution in [0.5, 0.6) is 11.5 Å². The third-order valence-corrected chi connectivity index (χ3v) is 3.26. The second-order valence-corrected chi connectivity index (χ2v) is 5.84. The smallest absolute Gasteiger partial charge is 0.163 e. The van der Waals surface area contributed by atoms with E-state index < -0.39 is 0 Å². The molecule has 0 amide bonds. The molecule has 0 bridgehead atoms. The summed E-state index contributed by atoms with van der Waals surface area (Å²) in [6.07, 6.45) is 1.87. The minimum absolute atomic E-state index is 0.139.